The number of alkyl halides is 3. The predicted molar refractivity (Wildman–Crippen MR) is 158 cm³/mol. The lowest BCUT2D eigenvalue weighted by atomic mass is 9.98. The Bertz CT molecular complexity index is 1680. The number of fused-ring (bicyclic) bond motifs is 1. The Morgan fingerprint density at radius 3 is 2.21 bits per heavy atom. The van der Waals surface area contributed by atoms with Crippen LogP contribution in [0.25, 0.3) is 11.1 Å². The van der Waals surface area contributed by atoms with Gasteiger partial charge in [0.2, 0.25) is 5.91 Å². The number of hydrogen-bond donors (Lipinski definition) is 2. The van der Waals surface area contributed by atoms with Gasteiger partial charge in [-0.1, -0.05) is 42.5 Å². The Kier molecular flexibility index (Phi) is 8.31. The topological polar surface area (TPSA) is 81.8 Å². The maximum absolute atomic E-state index is 13.4. The van der Waals surface area contributed by atoms with Crippen molar-refractivity contribution in [1.29, 1.82) is 0 Å². The average molecular weight is 587 g/mol. The highest BCUT2D eigenvalue weighted by Gasteiger charge is 2.30. The number of carbonyl (C=O) groups is 3. The van der Waals surface area contributed by atoms with Crippen LogP contribution in [-0.4, -0.2) is 48.2 Å². The van der Waals surface area contributed by atoms with E-state index in [1.54, 1.807) is 58.3 Å². The summed E-state index contributed by atoms with van der Waals surface area (Å²) in [5.74, 6) is -0.801. The summed E-state index contributed by atoms with van der Waals surface area (Å²) in [6.07, 6.45) is -4.46. The minimum Gasteiger partial charge on any atom is -0.330 e. The van der Waals surface area contributed by atoms with Crippen LogP contribution in [0.3, 0.4) is 0 Å². The molecule has 0 saturated carbocycles. The Balaban J connectivity index is 1.28. The van der Waals surface area contributed by atoms with Crippen molar-refractivity contribution in [2.45, 2.75) is 19.3 Å². The largest absolute Gasteiger partial charge is 0.416 e. The number of benzene rings is 4. The minimum absolute atomic E-state index is 0.128. The zero-order valence-corrected chi connectivity index (χ0v) is 23.5. The van der Waals surface area contributed by atoms with Crippen LogP contribution in [0.4, 0.5) is 24.5 Å². The first kappa shape index (κ1) is 29.5. The van der Waals surface area contributed by atoms with Crippen molar-refractivity contribution in [3.05, 3.63) is 119 Å². The van der Waals surface area contributed by atoms with Gasteiger partial charge in [-0.2, -0.15) is 13.2 Å². The standard InChI is InChI=1S/C33H29F3N4O3/c1-39(2)20-30(41)37-27-15-12-23-18-40(19-24(23)17-27)32(43)22-6-5-7-26(16-22)38-31(42)29-9-4-3-8-28(29)21-10-13-25(14-11-21)33(34,35)36/h3-17H,18-20H2,1-2H3,(H,37,41)(H,38,42). The van der Waals surface area contributed by atoms with Crippen LogP contribution in [-0.2, 0) is 24.1 Å². The van der Waals surface area contributed by atoms with E-state index in [1.165, 1.54) is 12.1 Å². The normalized spacial score (nSPS) is 12.7. The molecule has 0 aromatic heterocycles. The highest BCUT2D eigenvalue weighted by Crippen LogP contribution is 2.32. The molecule has 0 saturated heterocycles. The van der Waals surface area contributed by atoms with Gasteiger partial charge in [0.05, 0.1) is 12.1 Å². The molecule has 0 spiro atoms. The van der Waals surface area contributed by atoms with Crippen LogP contribution in [0.15, 0.2) is 91.0 Å². The van der Waals surface area contributed by atoms with E-state index >= 15 is 0 Å². The van der Waals surface area contributed by atoms with Gasteiger partial charge >= 0.3 is 6.18 Å². The highest BCUT2D eigenvalue weighted by atomic mass is 19.4. The lowest BCUT2D eigenvalue weighted by Crippen LogP contribution is -2.27. The fourth-order valence-electron chi connectivity index (χ4n) is 4.99. The molecule has 1 aliphatic rings. The van der Waals surface area contributed by atoms with Gasteiger partial charge in [0.15, 0.2) is 0 Å². The molecule has 7 nitrogen and oxygen atoms in total. The molecule has 4 aromatic carbocycles. The van der Waals surface area contributed by atoms with Gasteiger partial charge in [-0.05, 0) is 84.9 Å². The molecule has 0 unspecified atom stereocenters. The van der Waals surface area contributed by atoms with Gasteiger partial charge in [0.1, 0.15) is 0 Å². The van der Waals surface area contributed by atoms with Crippen LogP contribution in [0.2, 0.25) is 0 Å². The first-order valence-electron chi connectivity index (χ1n) is 13.5. The molecule has 10 heteroatoms. The predicted octanol–water partition coefficient (Wildman–Crippen LogP) is 6.28. The molecular formula is C33H29F3N4O3. The van der Waals surface area contributed by atoms with Gasteiger partial charge in [-0.25, -0.2) is 0 Å². The number of likely N-dealkylation sites (N-methyl/N-ethyl adjacent to an activating group) is 1. The van der Waals surface area contributed by atoms with Crippen LogP contribution in [0.1, 0.15) is 37.4 Å². The zero-order valence-electron chi connectivity index (χ0n) is 23.5. The van der Waals surface area contributed by atoms with Crippen molar-refractivity contribution in [2.75, 3.05) is 31.3 Å². The molecular weight excluding hydrogens is 557 g/mol. The maximum Gasteiger partial charge on any atom is 0.416 e. The molecule has 3 amide bonds. The summed E-state index contributed by atoms with van der Waals surface area (Å²) < 4.78 is 39.0. The third-order valence-corrected chi connectivity index (χ3v) is 7.02. The molecule has 220 valence electrons. The van der Waals surface area contributed by atoms with E-state index < -0.39 is 17.6 Å². The third-order valence-electron chi connectivity index (χ3n) is 7.02. The van der Waals surface area contributed by atoms with Crippen LogP contribution >= 0.6 is 0 Å². The Morgan fingerprint density at radius 2 is 1.49 bits per heavy atom. The van der Waals surface area contributed by atoms with E-state index in [9.17, 15) is 27.6 Å². The van der Waals surface area contributed by atoms with Gasteiger partial charge in [-0.15, -0.1) is 0 Å². The second-order valence-electron chi connectivity index (χ2n) is 10.6. The summed E-state index contributed by atoms with van der Waals surface area (Å²) in [6.45, 7) is 1.05. The number of hydrogen-bond acceptors (Lipinski definition) is 4. The van der Waals surface area contributed by atoms with Crippen LogP contribution < -0.4 is 10.6 Å². The van der Waals surface area contributed by atoms with Crippen LogP contribution in [0.5, 0.6) is 0 Å². The Morgan fingerprint density at radius 1 is 0.791 bits per heavy atom. The number of rotatable bonds is 7. The summed E-state index contributed by atoms with van der Waals surface area (Å²) in [7, 11) is 3.63. The van der Waals surface area contributed by atoms with Crippen molar-refractivity contribution in [3.8, 4) is 11.1 Å². The summed E-state index contributed by atoms with van der Waals surface area (Å²) in [5, 5.41) is 5.68. The van der Waals surface area contributed by atoms with Gasteiger partial charge in [0.25, 0.3) is 11.8 Å². The van der Waals surface area contributed by atoms with Gasteiger partial charge < -0.3 is 20.4 Å². The highest BCUT2D eigenvalue weighted by molar-refractivity contribution is 6.09. The number of amides is 3. The van der Waals surface area contributed by atoms with Crippen molar-refractivity contribution in [1.82, 2.24) is 9.80 Å². The molecule has 1 aliphatic heterocycles. The monoisotopic (exact) mass is 586 g/mol. The number of nitrogens with zero attached hydrogens (tertiary/aromatic N) is 2. The van der Waals surface area contributed by atoms with E-state index in [4.69, 9.17) is 0 Å². The quantitative estimate of drug-likeness (QED) is 0.267. The molecule has 0 fully saturated rings. The summed E-state index contributed by atoms with van der Waals surface area (Å²) in [5.41, 5.74) is 3.85. The SMILES string of the molecule is CN(C)CC(=O)Nc1ccc2c(c1)CN(C(=O)c1cccc(NC(=O)c3ccccc3-c3ccc(C(F)(F)F)cc3)c1)C2. The molecule has 2 N–H and O–H groups in total. The Labute approximate surface area is 246 Å². The molecule has 5 rings (SSSR count). The average Bonchev–Trinajstić information content (AvgIpc) is 3.39. The summed E-state index contributed by atoms with van der Waals surface area (Å²) >= 11 is 0. The summed E-state index contributed by atoms with van der Waals surface area (Å²) in [6, 6.07) is 23.5. The third kappa shape index (κ3) is 6.92. The summed E-state index contributed by atoms with van der Waals surface area (Å²) in [4.78, 5) is 42.3. The Hall–Kier alpha value is -4.96. The van der Waals surface area contributed by atoms with E-state index in [-0.39, 0.29) is 23.9 Å². The van der Waals surface area contributed by atoms with Gasteiger partial charge in [0, 0.05) is 35.6 Å². The van der Waals surface area contributed by atoms with Crippen molar-refractivity contribution in [2.24, 2.45) is 0 Å². The minimum atomic E-state index is -4.46. The van der Waals surface area contributed by atoms with Crippen molar-refractivity contribution >= 4 is 29.1 Å². The molecule has 4 aromatic rings. The lowest BCUT2D eigenvalue weighted by molar-refractivity contribution is -0.137. The van der Waals surface area contributed by atoms with E-state index in [0.717, 1.165) is 23.3 Å². The molecule has 0 radical (unpaired) electrons. The number of anilines is 2. The van der Waals surface area contributed by atoms with Crippen molar-refractivity contribution < 1.29 is 27.6 Å². The second-order valence-corrected chi connectivity index (χ2v) is 10.6. The van der Waals surface area contributed by atoms with E-state index in [0.29, 0.717) is 41.2 Å². The van der Waals surface area contributed by atoms with Crippen molar-refractivity contribution in [3.63, 3.8) is 0 Å². The smallest absolute Gasteiger partial charge is 0.330 e. The first-order valence-corrected chi connectivity index (χ1v) is 13.5. The lowest BCUT2D eigenvalue weighted by Gasteiger charge is -2.16. The number of nitrogens with one attached hydrogen (secondary N) is 2. The fraction of sp³-hybridized carbons (Fsp3) is 0.182. The molecule has 43 heavy (non-hydrogen) atoms. The zero-order chi connectivity index (χ0) is 30.7. The van der Waals surface area contributed by atoms with Crippen LogP contribution in [0, 0.1) is 0 Å². The van der Waals surface area contributed by atoms with Gasteiger partial charge in [-0.3, -0.25) is 14.4 Å². The molecule has 0 bridgehead atoms. The van der Waals surface area contributed by atoms with E-state index in [2.05, 4.69) is 10.6 Å². The maximum atomic E-state index is 13.4. The fourth-order valence-corrected chi connectivity index (χ4v) is 4.99. The molecule has 1 heterocycles. The molecule has 0 aliphatic carbocycles. The molecule has 0 atom stereocenters. The second kappa shape index (κ2) is 12.1. The number of carbonyl (C=O) groups excluding carboxylic acids is 3. The number of halogens is 3. The first-order chi connectivity index (χ1) is 20.5. The van der Waals surface area contributed by atoms with E-state index in [1.807, 2.05) is 32.3 Å².